The number of likely N-dealkylation sites (tertiary alicyclic amines) is 2. The molecule has 0 unspecified atom stereocenters. The minimum absolute atomic E-state index is 0.000626. The number of amides is 2. The van der Waals surface area contributed by atoms with E-state index >= 15 is 0 Å². The Hall–Kier alpha value is -1.23. The summed E-state index contributed by atoms with van der Waals surface area (Å²) in [4.78, 5) is 29.7. The van der Waals surface area contributed by atoms with Crippen molar-refractivity contribution < 1.29 is 26.4 Å². The Morgan fingerprint density at radius 1 is 1.08 bits per heavy atom. The summed E-state index contributed by atoms with van der Waals surface area (Å²) in [7, 11) is -7.78. The summed E-state index contributed by atoms with van der Waals surface area (Å²) >= 11 is 19.7. The lowest BCUT2D eigenvalue weighted by Crippen LogP contribution is -2.55. The molecule has 2 aliphatic heterocycles. The average Bonchev–Trinajstić information content (AvgIpc) is 3.60. The number of carbonyl (C=O) groups is 2. The highest BCUT2D eigenvalue weighted by molar-refractivity contribution is 7.92. The molecule has 2 amide bonds. The van der Waals surface area contributed by atoms with Gasteiger partial charge >= 0.3 is 0 Å². The minimum atomic E-state index is -3.92. The molecule has 214 valence electrons. The molecule has 0 saturated carbocycles. The van der Waals surface area contributed by atoms with Crippen LogP contribution in [0.3, 0.4) is 0 Å². The number of carbonyl (C=O) groups excluding carboxylic acids is 2. The van der Waals surface area contributed by atoms with Crippen LogP contribution in [0.5, 0.6) is 0 Å². The molecule has 4 rings (SSSR count). The summed E-state index contributed by atoms with van der Waals surface area (Å²) < 4.78 is 55.9. The van der Waals surface area contributed by atoms with E-state index in [0.29, 0.717) is 48.0 Å². The smallest absolute Gasteiger partial charge is 0.250 e. The fourth-order valence-electron chi connectivity index (χ4n) is 4.39. The number of halogens is 3. The van der Waals surface area contributed by atoms with Gasteiger partial charge in [-0.1, -0.05) is 34.8 Å². The van der Waals surface area contributed by atoms with Gasteiger partial charge in [0.1, 0.15) is 14.6 Å². The van der Waals surface area contributed by atoms with Crippen molar-refractivity contribution in [1.82, 2.24) is 19.2 Å². The molecule has 0 bridgehead atoms. The van der Waals surface area contributed by atoms with Crippen LogP contribution in [0.4, 0.5) is 0 Å². The third-order valence-electron chi connectivity index (χ3n) is 6.26. The van der Waals surface area contributed by atoms with E-state index < -0.39 is 32.0 Å². The van der Waals surface area contributed by atoms with Crippen LogP contribution in [0.1, 0.15) is 30.6 Å². The maximum atomic E-state index is 13.1. The molecule has 0 radical (unpaired) electrons. The molecule has 0 aliphatic carbocycles. The van der Waals surface area contributed by atoms with Crippen molar-refractivity contribution in [2.24, 2.45) is 0 Å². The minimum Gasteiger partial charge on any atom is -0.337 e. The molecule has 2 fully saturated rings. The first kappa shape index (κ1) is 30.7. The lowest BCUT2D eigenvalue weighted by atomic mass is 10.1. The molecule has 2 aromatic heterocycles. The van der Waals surface area contributed by atoms with Crippen molar-refractivity contribution in [2.75, 3.05) is 26.2 Å². The Morgan fingerprint density at radius 2 is 1.82 bits per heavy atom. The number of piperidine rings is 1. The summed E-state index contributed by atoms with van der Waals surface area (Å²) in [5.41, 5.74) is 0. The summed E-state index contributed by atoms with van der Waals surface area (Å²) in [6.45, 7) is 0.522. The van der Waals surface area contributed by atoms with E-state index in [1.54, 1.807) is 17.0 Å². The van der Waals surface area contributed by atoms with Gasteiger partial charge in [-0.15, -0.1) is 22.7 Å². The van der Waals surface area contributed by atoms with Crippen LogP contribution in [0, 0.1) is 0 Å². The maximum absolute atomic E-state index is 13.1. The van der Waals surface area contributed by atoms with Gasteiger partial charge in [-0.2, -0.15) is 4.72 Å². The normalized spacial score (nSPS) is 20.8. The first-order valence-corrected chi connectivity index (χ1v) is 17.6. The van der Waals surface area contributed by atoms with Crippen molar-refractivity contribution in [3.8, 4) is 0 Å². The summed E-state index contributed by atoms with van der Waals surface area (Å²) in [6, 6.07) is 3.24. The monoisotopic (exact) mass is 674 g/mol. The first-order valence-electron chi connectivity index (χ1n) is 11.8. The highest BCUT2D eigenvalue weighted by Crippen LogP contribution is 2.34. The molecule has 4 heterocycles. The fraction of sp³-hybridized carbons (Fsp3) is 0.455. The molecule has 10 nitrogen and oxygen atoms in total. The summed E-state index contributed by atoms with van der Waals surface area (Å²) in [5, 5.41) is 1.13. The van der Waals surface area contributed by atoms with Crippen LogP contribution in [0.15, 0.2) is 27.8 Å². The highest BCUT2D eigenvalue weighted by atomic mass is 35.5. The van der Waals surface area contributed by atoms with Gasteiger partial charge in [0.2, 0.25) is 31.9 Å². The SMILES string of the molecule is O=C1[C@@H](NS(=O)(=O)C=Cc2ccc(Cl)s2)CCCN1CC(=O)N1CCC[C@@H]1CNS(=O)(=O)c1cc(Cl)c(Cl)s1. The first-order chi connectivity index (χ1) is 18.3. The average molecular weight is 676 g/mol. The molecule has 0 aromatic carbocycles. The van der Waals surface area contributed by atoms with Crippen LogP contribution >= 0.6 is 57.5 Å². The zero-order valence-corrected chi connectivity index (χ0v) is 25.8. The van der Waals surface area contributed by atoms with E-state index in [1.807, 2.05) is 0 Å². The molecular weight excluding hydrogens is 651 g/mol. The number of nitrogens with one attached hydrogen (secondary N) is 2. The van der Waals surface area contributed by atoms with Crippen molar-refractivity contribution in [2.45, 2.75) is 42.0 Å². The number of hydrogen-bond donors (Lipinski definition) is 2. The largest absolute Gasteiger partial charge is 0.337 e. The van der Waals surface area contributed by atoms with Gasteiger partial charge in [-0.25, -0.2) is 21.6 Å². The van der Waals surface area contributed by atoms with Gasteiger partial charge in [0, 0.05) is 36.0 Å². The molecule has 2 aromatic rings. The number of rotatable bonds is 10. The molecule has 0 spiro atoms. The molecule has 2 aliphatic rings. The van der Waals surface area contributed by atoms with Crippen LogP contribution in [0.2, 0.25) is 13.7 Å². The van der Waals surface area contributed by atoms with Crippen LogP contribution in [-0.4, -0.2) is 76.7 Å². The van der Waals surface area contributed by atoms with Crippen LogP contribution < -0.4 is 9.44 Å². The number of nitrogens with zero attached hydrogens (tertiary/aromatic N) is 2. The van der Waals surface area contributed by atoms with Gasteiger partial charge in [0.25, 0.3) is 0 Å². The Labute approximate surface area is 250 Å². The third-order valence-corrected chi connectivity index (χ3v) is 12.3. The third kappa shape index (κ3) is 7.95. The Bertz CT molecular complexity index is 1450. The van der Waals surface area contributed by atoms with Crippen molar-refractivity contribution in [1.29, 1.82) is 0 Å². The zero-order chi connectivity index (χ0) is 28.4. The van der Waals surface area contributed by atoms with E-state index in [4.69, 9.17) is 34.8 Å². The Balaban J connectivity index is 1.33. The number of thiophene rings is 2. The van der Waals surface area contributed by atoms with Gasteiger partial charge in [-0.3, -0.25) is 9.59 Å². The highest BCUT2D eigenvalue weighted by Gasteiger charge is 2.36. The second kappa shape index (κ2) is 12.7. The van der Waals surface area contributed by atoms with Crippen LogP contribution in [-0.2, 0) is 29.6 Å². The van der Waals surface area contributed by atoms with Crippen molar-refractivity contribution in [3.05, 3.63) is 42.2 Å². The molecule has 2 atom stereocenters. The molecule has 39 heavy (non-hydrogen) atoms. The quantitative estimate of drug-likeness (QED) is 0.396. The van der Waals surface area contributed by atoms with Crippen LogP contribution in [0.25, 0.3) is 6.08 Å². The summed E-state index contributed by atoms with van der Waals surface area (Å²) in [5.74, 6) is -0.807. The lowest BCUT2D eigenvalue weighted by molar-refractivity contribution is -0.143. The van der Waals surface area contributed by atoms with Gasteiger partial charge in [0.15, 0.2) is 0 Å². The second-order valence-electron chi connectivity index (χ2n) is 8.98. The maximum Gasteiger partial charge on any atom is 0.250 e. The predicted octanol–water partition coefficient (Wildman–Crippen LogP) is 3.62. The van der Waals surface area contributed by atoms with Gasteiger partial charge in [-0.05, 0) is 50.0 Å². The van der Waals surface area contributed by atoms with Gasteiger partial charge in [0.05, 0.1) is 15.9 Å². The van der Waals surface area contributed by atoms with E-state index in [2.05, 4.69) is 9.44 Å². The number of sulfonamides is 2. The van der Waals surface area contributed by atoms with E-state index in [-0.39, 0.29) is 38.6 Å². The van der Waals surface area contributed by atoms with Gasteiger partial charge < -0.3 is 9.80 Å². The lowest BCUT2D eigenvalue weighted by Gasteiger charge is -2.34. The Morgan fingerprint density at radius 3 is 2.49 bits per heavy atom. The summed E-state index contributed by atoms with van der Waals surface area (Å²) in [6.07, 6.45) is 3.51. The van der Waals surface area contributed by atoms with Crippen molar-refractivity contribution >= 4 is 95.4 Å². The molecule has 17 heteroatoms. The molecule has 2 N–H and O–H groups in total. The topological polar surface area (TPSA) is 133 Å². The zero-order valence-electron chi connectivity index (χ0n) is 20.3. The van der Waals surface area contributed by atoms with Crippen molar-refractivity contribution in [3.63, 3.8) is 0 Å². The number of hydrogen-bond acceptors (Lipinski definition) is 8. The van der Waals surface area contributed by atoms with E-state index in [1.165, 1.54) is 28.4 Å². The van der Waals surface area contributed by atoms with E-state index in [9.17, 15) is 26.4 Å². The standard InChI is InChI=1S/C22H25Cl3N4O6S4/c23-16-11-20(37-21(16)25)39(34,35)26-12-14-3-1-9-29(14)19(30)13-28-8-2-4-17(22(28)31)27-38(32,33)10-7-15-5-6-18(24)36-15/h5-7,10-11,14,17,26-27H,1-4,8-9,12-13H2/t14-,17+/m1/s1. The molecule has 2 saturated heterocycles. The Kier molecular flexibility index (Phi) is 10.0. The molecular formula is C22H25Cl3N4O6S4. The fourth-order valence-corrected chi connectivity index (χ4v) is 9.45. The van der Waals surface area contributed by atoms with E-state index in [0.717, 1.165) is 16.7 Å². The second-order valence-corrected chi connectivity index (χ2v) is 16.4. The predicted molar refractivity (Wildman–Crippen MR) is 154 cm³/mol.